The lowest BCUT2D eigenvalue weighted by Gasteiger charge is -2.34. The number of amides is 4. The summed E-state index contributed by atoms with van der Waals surface area (Å²) in [4.78, 5) is 43.2. The highest BCUT2D eigenvalue weighted by atomic mass is 79.9. The van der Waals surface area contributed by atoms with Crippen LogP contribution in [-0.2, 0) is 16.0 Å². The number of rotatable bonds is 5. The van der Waals surface area contributed by atoms with Crippen molar-refractivity contribution in [3.63, 3.8) is 0 Å². The van der Waals surface area contributed by atoms with Crippen molar-refractivity contribution in [1.29, 1.82) is 0 Å². The van der Waals surface area contributed by atoms with Gasteiger partial charge in [-0.1, -0.05) is 87.7 Å². The Labute approximate surface area is 230 Å². The SMILES string of the molecule is Cc1cc(C)cc(Cc2ccc(Br)cc2C=C2C(=O)N(c3ccccc3)C(=O)N(c3ccccc3)C2=O)c1. The summed E-state index contributed by atoms with van der Waals surface area (Å²) in [6, 6.07) is 28.8. The molecular formula is C32H25BrN2O3. The number of carbonyl (C=O) groups excluding carboxylic acids is 3. The molecule has 6 heteroatoms. The largest absolute Gasteiger partial charge is 0.343 e. The fraction of sp³-hybridized carbons (Fsp3) is 0.0938. The van der Waals surface area contributed by atoms with Gasteiger partial charge in [-0.05, 0) is 79.4 Å². The summed E-state index contributed by atoms with van der Waals surface area (Å²) in [5.41, 5.74) is 5.87. The fourth-order valence-corrected chi connectivity index (χ4v) is 5.13. The molecule has 1 aliphatic rings. The first-order chi connectivity index (χ1) is 18.3. The van der Waals surface area contributed by atoms with Crippen molar-refractivity contribution in [3.05, 3.63) is 135 Å². The highest BCUT2D eigenvalue weighted by Crippen LogP contribution is 2.31. The van der Waals surface area contributed by atoms with Gasteiger partial charge in [0, 0.05) is 4.47 Å². The second kappa shape index (κ2) is 10.6. The molecule has 0 aromatic heterocycles. The zero-order valence-electron chi connectivity index (χ0n) is 21.0. The van der Waals surface area contributed by atoms with E-state index in [1.165, 1.54) is 11.1 Å². The lowest BCUT2D eigenvalue weighted by atomic mass is 9.95. The van der Waals surface area contributed by atoms with Crippen molar-refractivity contribution in [2.75, 3.05) is 9.80 Å². The van der Waals surface area contributed by atoms with Gasteiger partial charge in [0.05, 0.1) is 11.4 Å². The first kappa shape index (κ1) is 25.4. The lowest BCUT2D eigenvalue weighted by molar-refractivity contribution is -0.121. The Morgan fingerprint density at radius 1 is 0.684 bits per heavy atom. The van der Waals surface area contributed by atoms with Gasteiger partial charge in [-0.15, -0.1) is 0 Å². The van der Waals surface area contributed by atoms with Crippen LogP contribution in [0.5, 0.6) is 0 Å². The van der Waals surface area contributed by atoms with Gasteiger partial charge in [0.1, 0.15) is 5.57 Å². The Morgan fingerprint density at radius 3 is 1.74 bits per heavy atom. The molecule has 5 nitrogen and oxygen atoms in total. The molecule has 4 amide bonds. The zero-order valence-corrected chi connectivity index (χ0v) is 22.6. The Bertz CT molecular complexity index is 1500. The van der Waals surface area contributed by atoms with Crippen LogP contribution in [0, 0.1) is 13.8 Å². The number of aryl methyl sites for hydroxylation is 2. The molecule has 1 heterocycles. The van der Waals surface area contributed by atoms with E-state index in [4.69, 9.17) is 0 Å². The molecule has 0 bridgehead atoms. The highest BCUT2D eigenvalue weighted by molar-refractivity contribution is 9.10. The summed E-state index contributed by atoms with van der Waals surface area (Å²) >= 11 is 3.53. The van der Waals surface area contributed by atoms with Crippen LogP contribution in [0.15, 0.2) is 107 Å². The first-order valence-corrected chi connectivity index (χ1v) is 13.0. The number of benzene rings is 4. The van der Waals surface area contributed by atoms with Crippen molar-refractivity contribution >= 4 is 51.2 Å². The zero-order chi connectivity index (χ0) is 26.8. The Hall–Kier alpha value is -4.29. The van der Waals surface area contributed by atoms with E-state index in [1.54, 1.807) is 66.7 Å². The minimum absolute atomic E-state index is 0.0860. The van der Waals surface area contributed by atoms with Crippen LogP contribution < -0.4 is 9.80 Å². The molecule has 38 heavy (non-hydrogen) atoms. The van der Waals surface area contributed by atoms with E-state index < -0.39 is 17.8 Å². The molecule has 0 aliphatic carbocycles. The number of hydrogen-bond acceptors (Lipinski definition) is 3. The number of anilines is 2. The molecule has 0 unspecified atom stereocenters. The van der Waals surface area contributed by atoms with Crippen LogP contribution in [0.25, 0.3) is 6.08 Å². The van der Waals surface area contributed by atoms with Gasteiger partial charge in [0.25, 0.3) is 11.8 Å². The molecule has 0 N–H and O–H groups in total. The van der Waals surface area contributed by atoms with Crippen molar-refractivity contribution in [2.24, 2.45) is 0 Å². The number of urea groups is 1. The normalized spacial score (nSPS) is 13.8. The van der Waals surface area contributed by atoms with Crippen LogP contribution in [0.1, 0.15) is 27.8 Å². The van der Waals surface area contributed by atoms with E-state index in [9.17, 15) is 14.4 Å². The molecule has 188 valence electrons. The van der Waals surface area contributed by atoms with Gasteiger partial charge in [-0.3, -0.25) is 9.59 Å². The van der Waals surface area contributed by atoms with Gasteiger partial charge < -0.3 is 0 Å². The van der Waals surface area contributed by atoms with E-state index in [0.29, 0.717) is 17.8 Å². The number of imide groups is 2. The lowest BCUT2D eigenvalue weighted by Crippen LogP contribution is -2.57. The van der Waals surface area contributed by atoms with Crippen molar-refractivity contribution in [3.8, 4) is 0 Å². The third-order valence-electron chi connectivity index (χ3n) is 6.36. The van der Waals surface area contributed by atoms with Crippen LogP contribution in [0.4, 0.5) is 16.2 Å². The minimum Gasteiger partial charge on any atom is -0.268 e. The maximum absolute atomic E-state index is 13.7. The summed E-state index contributed by atoms with van der Waals surface area (Å²) in [6.45, 7) is 4.13. The molecule has 0 radical (unpaired) electrons. The second-order valence-corrected chi connectivity index (χ2v) is 10.2. The number of para-hydroxylation sites is 2. The van der Waals surface area contributed by atoms with E-state index in [0.717, 1.165) is 31.0 Å². The van der Waals surface area contributed by atoms with E-state index in [2.05, 4.69) is 48.0 Å². The maximum Gasteiger partial charge on any atom is 0.343 e. The highest BCUT2D eigenvalue weighted by Gasteiger charge is 2.43. The van der Waals surface area contributed by atoms with Crippen molar-refractivity contribution in [1.82, 2.24) is 0 Å². The third kappa shape index (κ3) is 5.08. The molecule has 0 atom stereocenters. The number of carbonyl (C=O) groups is 3. The van der Waals surface area contributed by atoms with Gasteiger partial charge in [-0.25, -0.2) is 14.6 Å². The third-order valence-corrected chi connectivity index (χ3v) is 6.86. The predicted molar refractivity (Wildman–Crippen MR) is 154 cm³/mol. The monoisotopic (exact) mass is 564 g/mol. The summed E-state index contributed by atoms with van der Waals surface area (Å²) in [7, 11) is 0. The number of nitrogens with zero attached hydrogens (tertiary/aromatic N) is 2. The van der Waals surface area contributed by atoms with E-state index >= 15 is 0 Å². The smallest absolute Gasteiger partial charge is 0.268 e. The van der Waals surface area contributed by atoms with Crippen LogP contribution in [-0.4, -0.2) is 17.8 Å². The number of barbiturate groups is 1. The minimum atomic E-state index is -0.709. The molecule has 4 aromatic carbocycles. The maximum atomic E-state index is 13.7. The average molecular weight is 565 g/mol. The first-order valence-electron chi connectivity index (χ1n) is 12.2. The van der Waals surface area contributed by atoms with Gasteiger partial charge in [-0.2, -0.15) is 0 Å². The molecule has 5 rings (SSSR count). The topological polar surface area (TPSA) is 57.7 Å². The molecular weight excluding hydrogens is 540 g/mol. The van der Waals surface area contributed by atoms with Crippen molar-refractivity contribution < 1.29 is 14.4 Å². The Morgan fingerprint density at radius 2 is 1.21 bits per heavy atom. The molecule has 1 fully saturated rings. The quantitative estimate of drug-likeness (QED) is 0.189. The van der Waals surface area contributed by atoms with Crippen LogP contribution in [0.3, 0.4) is 0 Å². The second-order valence-electron chi connectivity index (χ2n) is 9.31. The van der Waals surface area contributed by atoms with Crippen molar-refractivity contribution in [2.45, 2.75) is 20.3 Å². The van der Waals surface area contributed by atoms with E-state index in [-0.39, 0.29) is 5.57 Å². The fourth-order valence-electron chi connectivity index (χ4n) is 4.75. The Kier molecular flexibility index (Phi) is 7.07. The molecule has 4 aromatic rings. The van der Waals surface area contributed by atoms with E-state index in [1.807, 2.05) is 18.2 Å². The molecule has 1 saturated heterocycles. The van der Waals surface area contributed by atoms with Crippen LogP contribution >= 0.6 is 15.9 Å². The molecule has 1 aliphatic heterocycles. The summed E-state index contributed by atoms with van der Waals surface area (Å²) in [5.74, 6) is -1.31. The Balaban J connectivity index is 1.64. The average Bonchev–Trinajstić information content (AvgIpc) is 2.89. The van der Waals surface area contributed by atoms with Gasteiger partial charge >= 0.3 is 6.03 Å². The number of hydrogen-bond donors (Lipinski definition) is 0. The summed E-state index contributed by atoms with van der Waals surface area (Å²) < 4.78 is 0.820. The van der Waals surface area contributed by atoms with Gasteiger partial charge in [0.15, 0.2) is 0 Å². The summed E-state index contributed by atoms with van der Waals surface area (Å²) in [6.07, 6.45) is 2.23. The molecule has 0 saturated carbocycles. The predicted octanol–water partition coefficient (Wildman–Crippen LogP) is 7.24. The standard InChI is InChI=1S/C32H25BrN2O3/c1-21-15-22(2)17-23(16-21)18-24-13-14-26(33)19-25(24)20-29-30(36)34(27-9-5-3-6-10-27)32(38)35(31(29)37)28-11-7-4-8-12-28/h3-17,19-20H,18H2,1-2H3. The number of halogens is 1. The summed E-state index contributed by atoms with van der Waals surface area (Å²) in [5, 5.41) is 0. The van der Waals surface area contributed by atoms with Gasteiger partial charge in [0.2, 0.25) is 0 Å². The molecule has 0 spiro atoms. The van der Waals surface area contributed by atoms with Crippen LogP contribution in [0.2, 0.25) is 0 Å².